The molecule has 16 rings (SSSR count). The van der Waals surface area contributed by atoms with E-state index in [0.29, 0.717) is 23.6 Å². The summed E-state index contributed by atoms with van der Waals surface area (Å²) in [5.74, 6) is -0.472. The van der Waals surface area contributed by atoms with Crippen LogP contribution in [0, 0.1) is 0 Å². The van der Waals surface area contributed by atoms with Gasteiger partial charge >= 0.3 is 0 Å². The number of oxazole rings is 4. The van der Waals surface area contributed by atoms with Crippen LogP contribution in [0.5, 0.6) is 23.0 Å². The minimum Gasteiger partial charge on any atom is -0.507 e. The van der Waals surface area contributed by atoms with Gasteiger partial charge in [-0.3, -0.25) is 19.2 Å². The predicted octanol–water partition coefficient (Wildman–Crippen LogP) is 19.7. The van der Waals surface area contributed by atoms with Gasteiger partial charge < -0.3 is 38.1 Å². The third-order valence-corrected chi connectivity index (χ3v) is 19.3. The molecule has 0 unspecified atom stereocenters. The molecule has 102 heavy (non-hydrogen) atoms. The van der Waals surface area contributed by atoms with Gasteiger partial charge in [0, 0.05) is 104 Å². The Labute approximate surface area is 650 Å². The topological polar surface area (TPSA) is 253 Å². The molecule has 520 valence electrons. The molecule has 2 aliphatic rings. The Morgan fingerprint density at radius 1 is 0.284 bits per heavy atom. The fourth-order valence-electron chi connectivity index (χ4n) is 11.5. The van der Waals surface area contributed by atoms with Crippen LogP contribution in [-0.4, -0.2) is 63.5 Å². The second-order valence-electron chi connectivity index (χ2n) is 28.2. The molecule has 14 aromatic rings. The van der Waals surface area contributed by atoms with Gasteiger partial charge in [0.15, 0.2) is 45.5 Å². The normalized spacial score (nSPS) is 12.4. The van der Waals surface area contributed by atoms with E-state index < -0.39 is 23.1 Å². The smallest absolute Gasteiger partial charge is 0.237 e. The number of hydrogen-bond acceptors (Lipinski definition) is 18. The first kappa shape index (κ1) is 77.7. The molecule has 0 aliphatic heterocycles. The number of fused-ring (bicyclic) bond motifs is 8. The first-order chi connectivity index (χ1) is 46.4. The molecule has 4 N–H and O–H groups in total. The molecule has 8 aromatic carbocycles. The second-order valence-corrected chi connectivity index (χ2v) is 30.4. The first-order valence-corrected chi connectivity index (χ1v) is 33.3. The molecule has 0 amide bonds. The van der Waals surface area contributed by atoms with Gasteiger partial charge in [0.05, 0.1) is 41.8 Å². The maximum atomic E-state index is 12.2. The molecule has 6 heterocycles. The summed E-state index contributed by atoms with van der Waals surface area (Å²) in [5.41, 5.74) is 12.5. The van der Waals surface area contributed by atoms with Crippen molar-refractivity contribution in [3.8, 4) is 66.1 Å². The zero-order chi connectivity index (χ0) is 69.7. The molecule has 0 saturated heterocycles. The van der Waals surface area contributed by atoms with E-state index in [4.69, 9.17) is 37.6 Å². The summed E-state index contributed by atoms with van der Waals surface area (Å²) in [6.45, 7) is 26.4. The molecule has 0 saturated carbocycles. The summed E-state index contributed by atoms with van der Waals surface area (Å²) >= 11 is 3.15. The fraction of sp³-hybridized carbons (Fsp3) is 0.200. The van der Waals surface area contributed by atoms with Crippen molar-refractivity contribution in [3.63, 3.8) is 0 Å². The molecule has 2 aliphatic carbocycles. The van der Waals surface area contributed by atoms with Gasteiger partial charge in [0.2, 0.25) is 23.6 Å². The van der Waals surface area contributed by atoms with Gasteiger partial charge in [-0.15, -0.1) is 22.7 Å². The van der Waals surface area contributed by atoms with E-state index in [1.807, 2.05) is 48.5 Å². The van der Waals surface area contributed by atoms with Crippen molar-refractivity contribution in [2.45, 2.75) is 105 Å². The van der Waals surface area contributed by atoms with Crippen molar-refractivity contribution in [1.82, 2.24) is 19.9 Å². The fourth-order valence-corrected chi connectivity index (χ4v) is 13.2. The Morgan fingerprint density at radius 3 is 0.667 bits per heavy atom. The SMILES string of the molecule is CC(C)(C)c1ccc2oc(-c3ccc(-c4nc5cc(C(C)(C)C)ccc5o4)s3)nc2c1.CC(C)(C)c1ccc2oc(-c3ccc(-c4nc5cc(C(C)(C)C)ccc5o4)s3)nc2c1.O=C1c2ccccc2C(=O)c2c(O)ccc(O)c21.O=C1c2ccccc2C(=O)c2c(O)ccc(O)c21.[Re].[Re].[Re].[Re]. The quantitative estimate of drug-likeness (QED) is 0.120. The molecular weight excluding hydrogens is 2020 g/mol. The molecular formula is C80H68N4O12Re4S2. The van der Waals surface area contributed by atoms with Crippen molar-refractivity contribution in [2.75, 3.05) is 0 Å². The van der Waals surface area contributed by atoms with Crippen LogP contribution in [0.25, 0.3) is 87.5 Å². The number of thiophene rings is 2. The number of nitrogens with zero attached hydrogens (tertiary/aromatic N) is 4. The average Bonchev–Trinajstić information content (AvgIpc) is 1.24. The summed E-state index contributed by atoms with van der Waals surface area (Å²) in [6, 6.07) is 50.5. The van der Waals surface area contributed by atoms with Crippen LogP contribution in [-0.2, 0) is 103 Å². The molecule has 22 heteroatoms. The van der Waals surface area contributed by atoms with Crippen LogP contribution in [0.3, 0.4) is 0 Å². The Morgan fingerprint density at radius 2 is 0.480 bits per heavy atom. The second kappa shape index (κ2) is 29.7. The molecule has 0 spiro atoms. The number of aromatic hydroxyl groups is 4. The van der Waals surface area contributed by atoms with Crippen LogP contribution < -0.4 is 0 Å². The van der Waals surface area contributed by atoms with Crippen LogP contribution in [0.15, 0.2) is 188 Å². The van der Waals surface area contributed by atoms with Gasteiger partial charge in [0.25, 0.3) is 0 Å². The molecule has 6 aromatic heterocycles. The molecule has 0 fully saturated rings. The molecule has 4 radical (unpaired) electrons. The summed E-state index contributed by atoms with van der Waals surface area (Å²) < 4.78 is 24.1. The Balaban J connectivity index is 0.000000161. The number of carbonyl (C=O) groups excluding carboxylic acids is 4. The van der Waals surface area contributed by atoms with Crippen molar-refractivity contribution in [3.05, 3.63) is 237 Å². The number of ketones is 4. The molecule has 16 nitrogen and oxygen atoms in total. The third kappa shape index (κ3) is 15.3. The van der Waals surface area contributed by atoms with Crippen molar-refractivity contribution in [2.24, 2.45) is 0 Å². The Kier molecular flexibility index (Phi) is 22.7. The molecule has 0 bridgehead atoms. The molecule has 0 atom stereocenters. The zero-order valence-corrected chi connectivity index (χ0v) is 69.8. The maximum absolute atomic E-state index is 12.2. The monoisotopic (exact) mass is 2090 g/mol. The summed E-state index contributed by atoms with van der Waals surface area (Å²) in [6.07, 6.45) is 0. The van der Waals surface area contributed by atoms with E-state index in [-0.39, 0.29) is 171 Å². The third-order valence-electron chi connectivity index (χ3n) is 17.1. The van der Waals surface area contributed by atoms with Crippen molar-refractivity contribution < 1.29 is 139 Å². The van der Waals surface area contributed by atoms with E-state index >= 15 is 0 Å². The van der Waals surface area contributed by atoms with Gasteiger partial charge in [-0.1, -0.05) is 156 Å². The maximum Gasteiger partial charge on any atom is 0.237 e. The number of carbonyl (C=O) groups is 4. The average molecular weight is 2090 g/mol. The van der Waals surface area contributed by atoms with Gasteiger partial charge in [-0.05, 0) is 141 Å². The standard InChI is InChI=1S/2C26H26N2O2S.2C14H8O4.4Re/c2*1-25(2,3)15-7-9-19-17(13-15)27-23(29-19)21-11-12-22(31-21)24-28-18-14-16(26(4,5)6)8-10-20(18)30-24;2*15-9-5-6-10(16)12-11(9)13(17)7-3-1-2-4-8(7)14(12)18;;;;/h2*7-14H,1-6H3;2*1-6,15-16H;;;;. The van der Waals surface area contributed by atoms with Crippen molar-refractivity contribution in [1.29, 1.82) is 0 Å². The van der Waals surface area contributed by atoms with Gasteiger partial charge in [-0.25, -0.2) is 19.9 Å². The van der Waals surface area contributed by atoms with E-state index in [1.165, 1.54) is 70.8 Å². The van der Waals surface area contributed by atoms with Crippen LogP contribution in [0.4, 0.5) is 0 Å². The summed E-state index contributed by atoms with van der Waals surface area (Å²) in [7, 11) is 0. The Hall–Kier alpha value is -8.43. The number of phenolic OH excluding ortho intramolecular Hbond substituents is 4. The summed E-state index contributed by atoms with van der Waals surface area (Å²) in [5, 5.41) is 38.8. The first-order valence-electron chi connectivity index (χ1n) is 31.7. The van der Waals surface area contributed by atoms with E-state index in [1.54, 1.807) is 46.9 Å². The van der Waals surface area contributed by atoms with Crippen LogP contribution in [0.2, 0.25) is 0 Å². The van der Waals surface area contributed by atoms with Gasteiger partial charge in [0.1, 0.15) is 45.1 Å². The number of aromatic nitrogens is 4. The Bertz CT molecular complexity index is 4900. The number of hydrogen-bond donors (Lipinski definition) is 4. The number of phenols is 4. The minimum absolute atomic E-state index is 0. The van der Waals surface area contributed by atoms with Crippen molar-refractivity contribution >= 4 is 90.2 Å². The van der Waals surface area contributed by atoms with E-state index in [9.17, 15) is 39.6 Å². The van der Waals surface area contributed by atoms with E-state index in [2.05, 4.69) is 132 Å². The van der Waals surface area contributed by atoms with Gasteiger partial charge in [-0.2, -0.15) is 0 Å². The number of rotatable bonds is 4. The number of benzene rings is 8. The largest absolute Gasteiger partial charge is 0.507 e. The van der Waals surface area contributed by atoms with E-state index in [0.717, 1.165) is 63.9 Å². The minimum atomic E-state index is -0.450. The summed E-state index contributed by atoms with van der Waals surface area (Å²) in [4.78, 5) is 71.6. The van der Waals surface area contributed by atoms with Crippen LogP contribution in [0.1, 0.15) is 169 Å². The predicted molar refractivity (Wildman–Crippen MR) is 382 cm³/mol. The van der Waals surface area contributed by atoms with Crippen LogP contribution >= 0.6 is 22.7 Å². The zero-order valence-electron chi connectivity index (χ0n) is 57.3.